The van der Waals surface area contributed by atoms with Gasteiger partial charge in [-0.05, 0) is 37.6 Å². The number of hydrogen-bond acceptors (Lipinski definition) is 4. The lowest BCUT2D eigenvalue weighted by Crippen LogP contribution is -2.08. The minimum absolute atomic E-state index is 0.135. The summed E-state index contributed by atoms with van der Waals surface area (Å²) in [5.74, 6) is 0.700. The van der Waals surface area contributed by atoms with E-state index in [1.807, 2.05) is 31.2 Å². The number of anilines is 1. The Hall–Kier alpha value is -1.71. The Morgan fingerprint density at radius 1 is 1.29 bits per heavy atom. The van der Waals surface area contributed by atoms with Crippen LogP contribution in [-0.2, 0) is 9.53 Å². The largest absolute Gasteiger partial charge is 0.497 e. The molecule has 1 aromatic carbocycles. The Balaban J connectivity index is 2.19. The van der Waals surface area contributed by atoms with Gasteiger partial charge >= 0.3 is 5.97 Å². The quantitative estimate of drug-likeness (QED) is 0.584. The van der Waals surface area contributed by atoms with Crippen molar-refractivity contribution in [3.8, 4) is 5.75 Å². The number of benzene rings is 1. The highest BCUT2D eigenvalue weighted by Gasteiger charge is 2.00. The molecule has 1 N–H and O–H groups in total. The van der Waals surface area contributed by atoms with Crippen LogP contribution in [0.4, 0.5) is 5.69 Å². The maximum Gasteiger partial charge on any atom is 0.305 e. The van der Waals surface area contributed by atoms with E-state index in [0.29, 0.717) is 13.0 Å². The van der Waals surface area contributed by atoms with Crippen molar-refractivity contribution < 1.29 is 14.3 Å². The van der Waals surface area contributed by atoms with Crippen molar-refractivity contribution in [1.29, 1.82) is 0 Å². The van der Waals surface area contributed by atoms with E-state index >= 15 is 0 Å². The maximum absolute atomic E-state index is 11.1. The molecule has 0 aromatic heterocycles. The molecule has 0 atom stereocenters. The number of esters is 1. The van der Waals surface area contributed by atoms with E-state index in [0.717, 1.165) is 24.4 Å². The van der Waals surface area contributed by atoms with Crippen LogP contribution in [-0.4, -0.2) is 26.2 Å². The molecule has 0 saturated carbocycles. The van der Waals surface area contributed by atoms with E-state index in [-0.39, 0.29) is 5.97 Å². The molecule has 0 heterocycles. The fourth-order valence-corrected chi connectivity index (χ4v) is 1.41. The van der Waals surface area contributed by atoms with Gasteiger partial charge in [0.15, 0.2) is 0 Å². The average Bonchev–Trinajstić information content (AvgIpc) is 2.36. The van der Waals surface area contributed by atoms with E-state index in [2.05, 4.69) is 5.32 Å². The molecular formula is C13H19NO3. The number of carbonyl (C=O) groups excluding carboxylic acids is 1. The third-order valence-electron chi connectivity index (χ3n) is 2.28. The molecule has 0 aliphatic heterocycles. The van der Waals surface area contributed by atoms with Crippen molar-refractivity contribution in [2.45, 2.75) is 19.8 Å². The first-order chi connectivity index (χ1) is 8.26. The lowest BCUT2D eigenvalue weighted by atomic mass is 10.2. The molecule has 4 nitrogen and oxygen atoms in total. The summed E-state index contributed by atoms with van der Waals surface area (Å²) >= 11 is 0. The standard InChI is InChI=1S/C13H19NO3/c1-3-17-13(15)5-4-10-14-11-6-8-12(16-2)9-7-11/h6-9,14H,3-5,10H2,1-2H3. The number of ether oxygens (including phenoxy) is 2. The number of hydrogen-bond donors (Lipinski definition) is 1. The van der Waals surface area contributed by atoms with E-state index in [4.69, 9.17) is 9.47 Å². The Morgan fingerprint density at radius 3 is 2.59 bits per heavy atom. The summed E-state index contributed by atoms with van der Waals surface area (Å²) in [7, 11) is 1.64. The second-order valence-electron chi connectivity index (χ2n) is 3.56. The molecule has 4 heteroatoms. The summed E-state index contributed by atoms with van der Waals surface area (Å²) in [6, 6.07) is 7.69. The van der Waals surface area contributed by atoms with E-state index < -0.39 is 0 Å². The third kappa shape index (κ3) is 5.24. The molecule has 0 unspecified atom stereocenters. The highest BCUT2D eigenvalue weighted by molar-refractivity contribution is 5.69. The smallest absolute Gasteiger partial charge is 0.305 e. The highest BCUT2D eigenvalue weighted by Crippen LogP contribution is 2.14. The topological polar surface area (TPSA) is 47.6 Å². The normalized spacial score (nSPS) is 9.76. The monoisotopic (exact) mass is 237 g/mol. The Kier molecular flexibility index (Phi) is 5.93. The molecule has 0 fully saturated rings. The van der Waals surface area contributed by atoms with Gasteiger partial charge in [-0.25, -0.2) is 0 Å². The molecule has 0 bridgehead atoms. The fourth-order valence-electron chi connectivity index (χ4n) is 1.41. The molecule has 0 radical (unpaired) electrons. The first-order valence-electron chi connectivity index (χ1n) is 5.79. The van der Waals surface area contributed by atoms with Crippen molar-refractivity contribution in [1.82, 2.24) is 0 Å². The van der Waals surface area contributed by atoms with Crippen LogP contribution in [0.1, 0.15) is 19.8 Å². The lowest BCUT2D eigenvalue weighted by molar-refractivity contribution is -0.143. The average molecular weight is 237 g/mol. The molecule has 1 aromatic rings. The van der Waals surface area contributed by atoms with Gasteiger partial charge in [0.2, 0.25) is 0 Å². The summed E-state index contributed by atoms with van der Waals surface area (Å²) in [6.45, 7) is 3.02. The number of nitrogens with one attached hydrogen (secondary N) is 1. The first-order valence-corrected chi connectivity index (χ1v) is 5.79. The van der Waals surface area contributed by atoms with E-state index in [1.165, 1.54) is 0 Å². The highest BCUT2D eigenvalue weighted by atomic mass is 16.5. The number of methoxy groups -OCH3 is 1. The molecule has 0 amide bonds. The van der Waals surface area contributed by atoms with E-state index in [9.17, 15) is 4.79 Å². The Labute approximate surface area is 102 Å². The fraction of sp³-hybridized carbons (Fsp3) is 0.462. The molecule has 0 spiro atoms. The summed E-state index contributed by atoms with van der Waals surface area (Å²) in [5.41, 5.74) is 1.02. The predicted molar refractivity (Wildman–Crippen MR) is 67.4 cm³/mol. The summed E-state index contributed by atoms with van der Waals surface area (Å²) in [5, 5.41) is 3.23. The van der Waals surface area contributed by atoms with Crippen molar-refractivity contribution in [2.75, 3.05) is 25.6 Å². The van der Waals surface area contributed by atoms with Crippen LogP contribution in [0.2, 0.25) is 0 Å². The number of carbonyl (C=O) groups is 1. The first kappa shape index (κ1) is 13.4. The van der Waals surface area contributed by atoms with Gasteiger partial charge in [-0.15, -0.1) is 0 Å². The van der Waals surface area contributed by atoms with Gasteiger partial charge in [-0.2, -0.15) is 0 Å². The van der Waals surface area contributed by atoms with E-state index in [1.54, 1.807) is 7.11 Å². The van der Waals surface area contributed by atoms with Gasteiger partial charge < -0.3 is 14.8 Å². The SMILES string of the molecule is CCOC(=O)CCCNc1ccc(OC)cc1. The predicted octanol–water partition coefficient (Wildman–Crippen LogP) is 2.45. The number of rotatable bonds is 7. The van der Waals surface area contributed by atoms with Crippen molar-refractivity contribution >= 4 is 11.7 Å². The van der Waals surface area contributed by atoms with Gasteiger partial charge in [-0.1, -0.05) is 0 Å². The summed E-state index contributed by atoms with van der Waals surface area (Å²) in [4.78, 5) is 11.1. The molecule has 94 valence electrons. The minimum Gasteiger partial charge on any atom is -0.497 e. The zero-order valence-electron chi connectivity index (χ0n) is 10.4. The summed E-state index contributed by atoms with van der Waals surface area (Å²) < 4.78 is 9.91. The van der Waals surface area contributed by atoms with Crippen LogP contribution >= 0.6 is 0 Å². The molecule has 0 aliphatic rings. The molecule has 0 saturated heterocycles. The van der Waals surface area contributed by atoms with Gasteiger partial charge in [0.25, 0.3) is 0 Å². The van der Waals surface area contributed by atoms with Gasteiger partial charge in [0.1, 0.15) is 5.75 Å². The van der Waals surface area contributed by atoms with Crippen LogP contribution in [0.25, 0.3) is 0 Å². The Morgan fingerprint density at radius 2 is 2.00 bits per heavy atom. The Bertz CT molecular complexity index is 335. The molecule has 17 heavy (non-hydrogen) atoms. The maximum atomic E-state index is 11.1. The van der Waals surface area contributed by atoms with Crippen LogP contribution in [0.3, 0.4) is 0 Å². The molecular weight excluding hydrogens is 218 g/mol. The second-order valence-corrected chi connectivity index (χ2v) is 3.56. The van der Waals surface area contributed by atoms with Crippen LogP contribution in [0.5, 0.6) is 5.75 Å². The zero-order valence-corrected chi connectivity index (χ0v) is 10.4. The van der Waals surface area contributed by atoms with Crippen LogP contribution < -0.4 is 10.1 Å². The zero-order chi connectivity index (χ0) is 12.5. The van der Waals surface area contributed by atoms with Gasteiger partial charge in [0, 0.05) is 18.7 Å². The van der Waals surface area contributed by atoms with Crippen LogP contribution in [0, 0.1) is 0 Å². The van der Waals surface area contributed by atoms with Crippen LogP contribution in [0.15, 0.2) is 24.3 Å². The third-order valence-corrected chi connectivity index (χ3v) is 2.28. The molecule has 0 aliphatic carbocycles. The van der Waals surface area contributed by atoms with Gasteiger partial charge in [-0.3, -0.25) is 4.79 Å². The minimum atomic E-state index is -0.135. The molecule has 1 rings (SSSR count). The van der Waals surface area contributed by atoms with Crippen molar-refractivity contribution in [3.05, 3.63) is 24.3 Å². The second kappa shape index (κ2) is 7.54. The summed E-state index contributed by atoms with van der Waals surface area (Å²) in [6.07, 6.45) is 1.22. The lowest BCUT2D eigenvalue weighted by Gasteiger charge is -2.07. The van der Waals surface area contributed by atoms with Crippen molar-refractivity contribution in [3.63, 3.8) is 0 Å². The van der Waals surface area contributed by atoms with Gasteiger partial charge in [0.05, 0.1) is 13.7 Å². The van der Waals surface area contributed by atoms with Crippen molar-refractivity contribution in [2.24, 2.45) is 0 Å².